The van der Waals surface area contributed by atoms with Gasteiger partial charge < -0.3 is 19.9 Å². The summed E-state index contributed by atoms with van der Waals surface area (Å²) in [5, 5.41) is 2.54. The van der Waals surface area contributed by atoms with E-state index in [0.29, 0.717) is 24.5 Å². The Morgan fingerprint density at radius 2 is 1.83 bits per heavy atom. The van der Waals surface area contributed by atoms with Crippen LogP contribution < -0.4 is 10.1 Å². The molecule has 3 amide bonds. The summed E-state index contributed by atoms with van der Waals surface area (Å²) in [5.74, 6) is 0.401. The zero-order valence-corrected chi connectivity index (χ0v) is 17.2. The Morgan fingerprint density at radius 3 is 2.52 bits per heavy atom. The molecule has 1 aliphatic carbocycles. The van der Waals surface area contributed by atoms with Gasteiger partial charge in [0.15, 0.2) is 0 Å². The van der Waals surface area contributed by atoms with Crippen LogP contribution in [-0.2, 0) is 0 Å². The van der Waals surface area contributed by atoms with E-state index in [2.05, 4.69) is 15.2 Å². The SMILES string of the molecule is CNC(=O)c1ccc(OC2CN(C(=O)N3CCCN(C4CCCC4)CC3)C2)cn1. The summed E-state index contributed by atoms with van der Waals surface area (Å²) in [6.45, 7) is 4.96. The Bertz CT molecular complexity index is 714. The molecule has 0 spiro atoms. The van der Waals surface area contributed by atoms with E-state index in [1.165, 1.54) is 25.7 Å². The van der Waals surface area contributed by atoms with Gasteiger partial charge in [-0.25, -0.2) is 9.78 Å². The fourth-order valence-corrected chi connectivity index (χ4v) is 4.54. The number of hydrogen-bond acceptors (Lipinski definition) is 5. The molecule has 2 saturated heterocycles. The van der Waals surface area contributed by atoms with Crippen molar-refractivity contribution in [2.75, 3.05) is 46.3 Å². The molecule has 1 N–H and O–H groups in total. The first-order valence-corrected chi connectivity index (χ1v) is 10.8. The first-order valence-electron chi connectivity index (χ1n) is 10.8. The van der Waals surface area contributed by atoms with Crippen LogP contribution in [-0.4, -0.2) is 90.1 Å². The Hall–Kier alpha value is -2.35. The first-order chi connectivity index (χ1) is 14.1. The van der Waals surface area contributed by atoms with Crippen molar-refractivity contribution in [3.05, 3.63) is 24.0 Å². The number of aromatic nitrogens is 1. The fourth-order valence-electron chi connectivity index (χ4n) is 4.54. The van der Waals surface area contributed by atoms with E-state index in [1.807, 2.05) is 9.80 Å². The molecular weight excluding hydrogens is 370 g/mol. The molecule has 0 radical (unpaired) electrons. The summed E-state index contributed by atoms with van der Waals surface area (Å²) >= 11 is 0. The van der Waals surface area contributed by atoms with Gasteiger partial charge >= 0.3 is 6.03 Å². The highest BCUT2D eigenvalue weighted by Gasteiger charge is 2.36. The average molecular weight is 402 g/mol. The summed E-state index contributed by atoms with van der Waals surface area (Å²) in [7, 11) is 1.57. The molecule has 0 unspecified atom stereocenters. The fraction of sp³-hybridized carbons (Fsp3) is 0.667. The maximum absolute atomic E-state index is 12.8. The van der Waals surface area contributed by atoms with Gasteiger partial charge in [-0.2, -0.15) is 0 Å². The van der Waals surface area contributed by atoms with Crippen LogP contribution in [0.2, 0.25) is 0 Å². The molecule has 0 aromatic carbocycles. The van der Waals surface area contributed by atoms with Crippen LogP contribution in [0, 0.1) is 0 Å². The highest BCUT2D eigenvalue weighted by atomic mass is 16.5. The number of amides is 3. The quantitative estimate of drug-likeness (QED) is 0.829. The lowest BCUT2D eigenvalue weighted by atomic mass is 10.2. The maximum Gasteiger partial charge on any atom is 0.320 e. The molecule has 0 atom stereocenters. The third-order valence-electron chi connectivity index (χ3n) is 6.26. The summed E-state index contributed by atoms with van der Waals surface area (Å²) in [4.78, 5) is 34.9. The first kappa shape index (κ1) is 19.9. The number of nitrogens with one attached hydrogen (secondary N) is 1. The molecule has 8 nitrogen and oxygen atoms in total. The molecule has 29 heavy (non-hydrogen) atoms. The van der Waals surface area contributed by atoms with E-state index in [4.69, 9.17) is 4.74 Å². The number of carbonyl (C=O) groups excluding carboxylic acids is 2. The van der Waals surface area contributed by atoms with Gasteiger partial charge in [0.1, 0.15) is 17.5 Å². The second-order valence-electron chi connectivity index (χ2n) is 8.20. The second-order valence-corrected chi connectivity index (χ2v) is 8.20. The molecule has 4 rings (SSSR count). The Balaban J connectivity index is 1.22. The van der Waals surface area contributed by atoms with Gasteiger partial charge in [0.05, 0.1) is 19.3 Å². The maximum atomic E-state index is 12.8. The molecule has 158 valence electrons. The van der Waals surface area contributed by atoms with Gasteiger partial charge in [0, 0.05) is 39.3 Å². The van der Waals surface area contributed by atoms with Gasteiger partial charge in [0.2, 0.25) is 0 Å². The van der Waals surface area contributed by atoms with Crippen molar-refractivity contribution in [3.8, 4) is 5.75 Å². The van der Waals surface area contributed by atoms with Crippen LogP contribution >= 0.6 is 0 Å². The number of ether oxygens (including phenoxy) is 1. The molecular formula is C21H31N5O3. The minimum Gasteiger partial charge on any atom is -0.485 e. The van der Waals surface area contributed by atoms with Crippen LogP contribution in [0.5, 0.6) is 5.75 Å². The van der Waals surface area contributed by atoms with Crippen molar-refractivity contribution in [2.24, 2.45) is 0 Å². The van der Waals surface area contributed by atoms with E-state index in [9.17, 15) is 9.59 Å². The van der Waals surface area contributed by atoms with Gasteiger partial charge in [-0.3, -0.25) is 9.69 Å². The van der Waals surface area contributed by atoms with Crippen LogP contribution in [0.3, 0.4) is 0 Å². The van der Waals surface area contributed by atoms with Crippen molar-refractivity contribution < 1.29 is 14.3 Å². The highest BCUT2D eigenvalue weighted by molar-refractivity contribution is 5.91. The molecule has 3 aliphatic rings. The average Bonchev–Trinajstić information content (AvgIpc) is 3.14. The van der Waals surface area contributed by atoms with Crippen molar-refractivity contribution in [1.82, 2.24) is 25.0 Å². The van der Waals surface area contributed by atoms with E-state index in [1.54, 1.807) is 25.4 Å². The van der Waals surface area contributed by atoms with E-state index in [0.717, 1.165) is 38.6 Å². The summed E-state index contributed by atoms with van der Waals surface area (Å²) in [6.07, 6.45) is 7.93. The van der Waals surface area contributed by atoms with Gasteiger partial charge in [-0.05, 0) is 31.4 Å². The Kier molecular flexibility index (Phi) is 6.18. The molecule has 1 aromatic rings. The Labute approximate surface area is 172 Å². The van der Waals surface area contributed by atoms with E-state index in [-0.39, 0.29) is 18.0 Å². The number of pyridine rings is 1. The largest absolute Gasteiger partial charge is 0.485 e. The van der Waals surface area contributed by atoms with Crippen molar-refractivity contribution in [1.29, 1.82) is 0 Å². The molecule has 3 fully saturated rings. The van der Waals surface area contributed by atoms with Crippen LogP contribution in [0.1, 0.15) is 42.6 Å². The number of hydrogen-bond donors (Lipinski definition) is 1. The van der Waals surface area contributed by atoms with Crippen LogP contribution in [0.25, 0.3) is 0 Å². The molecule has 8 heteroatoms. The van der Waals surface area contributed by atoms with Gasteiger partial charge in [0.25, 0.3) is 5.91 Å². The summed E-state index contributed by atoms with van der Waals surface area (Å²) < 4.78 is 5.88. The lowest BCUT2D eigenvalue weighted by molar-refractivity contribution is 0.0308. The zero-order chi connectivity index (χ0) is 20.2. The highest BCUT2D eigenvalue weighted by Crippen LogP contribution is 2.25. The van der Waals surface area contributed by atoms with Crippen molar-refractivity contribution in [3.63, 3.8) is 0 Å². The molecule has 0 bridgehead atoms. The third-order valence-corrected chi connectivity index (χ3v) is 6.26. The summed E-state index contributed by atoms with van der Waals surface area (Å²) in [6, 6.07) is 4.25. The lowest BCUT2D eigenvalue weighted by Crippen LogP contribution is -2.60. The lowest BCUT2D eigenvalue weighted by Gasteiger charge is -2.41. The minimum atomic E-state index is -0.221. The number of rotatable bonds is 4. The third kappa shape index (κ3) is 4.63. The van der Waals surface area contributed by atoms with Crippen LogP contribution in [0.4, 0.5) is 4.79 Å². The molecule has 1 saturated carbocycles. The smallest absolute Gasteiger partial charge is 0.320 e. The van der Waals surface area contributed by atoms with Crippen LogP contribution in [0.15, 0.2) is 18.3 Å². The number of carbonyl (C=O) groups is 2. The van der Waals surface area contributed by atoms with Crippen molar-refractivity contribution in [2.45, 2.75) is 44.2 Å². The molecule has 1 aromatic heterocycles. The topological polar surface area (TPSA) is 78.0 Å². The number of nitrogens with zero attached hydrogens (tertiary/aromatic N) is 4. The standard InChI is InChI=1S/C21H31N5O3/c1-22-20(27)19-8-7-17(13-23-19)29-18-14-26(15-18)21(28)25-10-4-9-24(11-12-25)16-5-2-3-6-16/h7-8,13,16,18H,2-6,9-12,14-15H2,1H3,(H,22,27). The number of likely N-dealkylation sites (tertiary alicyclic amines) is 1. The zero-order valence-electron chi connectivity index (χ0n) is 17.2. The van der Waals surface area contributed by atoms with E-state index < -0.39 is 0 Å². The van der Waals surface area contributed by atoms with Crippen molar-refractivity contribution >= 4 is 11.9 Å². The second kappa shape index (κ2) is 8.98. The number of urea groups is 1. The predicted octanol–water partition coefficient (Wildman–Crippen LogP) is 1.57. The monoisotopic (exact) mass is 401 g/mol. The Morgan fingerprint density at radius 1 is 1.03 bits per heavy atom. The normalized spacial score (nSPS) is 21.6. The minimum absolute atomic E-state index is 0.0198. The van der Waals surface area contributed by atoms with Gasteiger partial charge in [-0.1, -0.05) is 12.8 Å². The predicted molar refractivity (Wildman–Crippen MR) is 109 cm³/mol. The molecule has 2 aliphatic heterocycles. The molecule has 3 heterocycles. The van der Waals surface area contributed by atoms with E-state index >= 15 is 0 Å². The summed E-state index contributed by atoms with van der Waals surface area (Å²) in [5.41, 5.74) is 0.359. The van der Waals surface area contributed by atoms with Gasteiger partial charge in [-0.15, -0.1) is 0 Å².